The van der Waals surface area contributed by atoms with Crippen molar-refractivity contribution in [2.24, 2.45) is 0 Å². The van der Waals surface area contributed by atoms with Gasteiger partial charge in [-0.25, -0.2) is 0 Å². The van der Waals surface area contributed by atoms with Crippen molar-refractivity contribution in [3.63, 3.8) is 0 Å². The summed E-state index contributed by atoms with van der Waals surface area (Å²) in [4.78, 5) is 26.2. The number of aliphatic hydroxyl groups excluding tert-OH is 2. The summed E-state index contributed by atoms with van der Waals surface area (Å²) in [6, 6.07) is 6.59. The van der Waals surface area contributed by atoms with Gasteiger partial charge in [-0.2, -0.15) is 0 Å². The van der Waals surface area contributed by atoms with Gasteiger partial charge in [-0.1, -0.05) is 0 Å². The average Bonchev–Trinajstić information content (AvgIpc) is 3.00. The molecule has 2 heterocycles. The van der Waals surface area contributed by atoms with E-state index in [1.807, 2.05) is 0 Å². The van der Waals surface area contributed by atoms with Crippen molar-refractivity contribution in [2.75, 3.05) is 40.0 Å². The minimum absolute atomic E-state index is 0.0192. The van der Waals surface area contributed by atoms with E-state index < -0.39 is 24.4 Å². The van der Waals surface area contributed by atoms with E-state index in [1.165, 1.54) is 0 Å². The molecule has 0 aliphatic carbocycles. The van der Waals surface area contributed by atoms with Gasteiger partial charge in [0.15, 0.2) is 0 Å². The third kappa shape index (κ3) is 4.79. The van der Waals surface area contributed by atoms with Crippen molar-refractivity contribution in [3.8, 4) is 5.75 Å². The highest BCUT2D eigenvalue weighted by atomic mass is 16.5. The van der Waals surface area contributed by atoms with Crippen LogP contribution in [0.3, 0.4) is 0 Å². The minimum Gasteiger partial charge on any atom is -0.497 e. The van der Waals surface area contributed by atoms with Crippen molar-refractivity contribution >= 4 is 11.8 Å². The molecular formula is C19H26N2O7. The second-order valence-electron chi connectivity index (χ2n) is 6.83. The molecule has 3 N–H and O–H groups in total. The zero-order valence-corrected chi connectivity index (χ0v) is 15.7. The second-order valence-corrected chi connectivity index (χ2v) is 6.83. The molecule has 4 atom stereocenters. The normalized spacial score (nSPS) is 27.5. The van der Waals surface area contributed by atoms with Gasteiger partial charge in [0.1, 0.15) is 24.1 Å². The Hall–Kier alpha value is -2.20. The van der Waals surface area contributed by atoms with Crippen LogP contribution in [-0.2, 0) is 14.3 Å². The smallest absolute Gasteiger partial charge is 0.251 e. The summed E-state index contributed by atoms with van der Waals surface area (Å²) in [6.07, 6.45) is -4.00. The van der Waals surface area contributed by atoms with Crippen LogP contribution < -0.4 is 10.1 Å². The Balaban J connectivity index is 1.50. The molecule has 3 rings (SSSR count). The lowest BCUT2D eigenvalue weighted by atomic mass is 10.0. The monoisotopic (exact) mass is 394 g/mol. The standard InChI is InChI=1S/C19H26N2O7/c1-26-13-4-2-12(3-5-13)19(25)20-11-15-18(24)17(23)14(28-15)10-16(22)21-6-8-27-9-7-21/h2-5,14-15,17-18,23-24H,6-11H2,1H3,(H,20,25)/t14-,15-,17-,18+/m0/s1. The maximum absolute atomic E-state index is 12.3. The molecule has 28 heavy (non-hydrogen) atoms. The number of ether oxygens (including phenoxy) is 3. The fourth-order valence-corrected chi connectivity index (χ4v) is 3.31. The third-order valence-corrected chi connectivity index (χ3v) is 5.02. The maximum atomic E-state index is 12.3. The van der Waals surface area contributed by atoms with Crippen LogP contribution in [0.1, 0.15) is 16.8 Å². The van der Waals surface area contributed by atoms with Gasteiger partial charge in [0, 0.05) is 25.2 Å². The van der Waals surface area contributed by atoms with Crippen LogP contribution in [0.15, 0.2) is 24.3 Å². The molecule has 1 aromatic carbocycles. The van der Waals surface area contributed by atoms with Crippen molar-refractivity contribution in [2.45, 2.75) is 30.8 Å². The molecule has 0 spiro atoms. The molecule has 2 fully saturated rings. The molecule has 0 saturated carbocycles. The second kappa shape index (κ2) is 9.33. The van der Waals surface area contributed by atoms with Crippen LogP contribution in [0.5, 0.6) is 5.75 Å². The molecule has 9 nitrogen and oxygen atoms in total. The Morgan fingerprint density at radius 3 is 2.43 bits per heavy atom. The molecule has 0 aromatic heterocycles. The number of aliphatic hydroxyl groups is 2. The number of carbonyl (C=O) groups excluding carboxylic acids is 2. The van der Waals surface area contributed by atoms with Gasteiger partial charge in [-0.15, -0.1) is 0 Å². The van der Waals surface area contributed by atoms with E-state index in [0.29, 0.717) is 37.6 Å². The Morgan fingerprint density at radius 2 is 1.79 bits per heavy atom. The number of amides is 2. The Morgan fingerprint density at radius 1 is 1.14 bits per heavy atom. The van der Waals surface area contributed by atoms with E-state index in [2.05, 4.69) is 5.32 Å². The lowest BCUT2D eigenvalue weighted by Crippen LogP contribution is -2.43. The van der Waals surface area contributed by atoms with Gasteiger partial charge in [0.25, 0.3) is 5.91 Å². The third-order valence-electron chi connectivity index (χ3n) is 5.02. The number of methoxy groups -OCH3 is 1. The Kier molecular flexibility index (Phi) is 6.84. The highest BCUT2D eigenvalue weighted by Gasteiger charge is 2.43. The molecule has 2 amide bonds. The van der Waals surface area contributed by atoms with Crippen LogP contribution in [0, 0.1) is 0 Å². The topological polar surface area (TPSA) is 118 Å². The first-order valence-electron chi connectivity index (χ1n) is 9.29. The van der Waals surface area contributed by atoms with E-state index in [-0.39, 0.29) is 24.8 Å². The molecule has 1 aromatic rings. The van der Waals surface area contributed by atoms with Crippen molar-refractivity contribution in [1.82, 2.24) is 10.2 Å². The summed E-state index contributed by atoms with van der Waals surface area (Å²) in [7, 11) is 1.54. The predicted molar refractivity (Wildman–Crippen MR) is 98.0 cm³/mol. The first-order chi connectivity index (χ1) is 13.5. The van der Waals surface area contributed by atoms with Crippen molar-refractivity contribution in [3.05, 3.63) is 29.8 Å². The molecule has 154 valence electrons. The quantitative estimate of drug-likeness (QED) is 0.576. The van der Waals surface area contributed by atoms with Crippen LogP contribution in [-0.4, -0.2) is 91.3 Å². The van der Waals surface area contributed by atoms with Gasteiger partial charge in [-0.05, 0) is 24.3 Å². The average molecular weight is 394 g/mol. The first kappa shape index (κ1) is 20.5. The van der Waals surface area contributed by atoms with E-state index in [4.69, 9.17) is 14.2 Å². The van der Waals surface area contributed by atoms with E-state index in [0.717, 1.165) is 0 Å². The van der Waals surface area contributed by atoms with Gasteiger partial charge in [0.2, 0.25) is 5.91 Å². The number of rotatable bonds is 6. The van der Waals surface area contributed by atoms with Gasteiger partial charge in [-0.3, -0.25) is 9.59 Å². The van der Waals surface area contributed by atoms with Crippen LogP contribution in [0.4, 0.5) is 0 Å². The number of hydrogen-bond donors (Lipinski definition) is 3. The maximum Gasteiger partial charge on any atom is 0.251 e. The lowest BCUT2D eigenvalue weighted by Gasteiger charge is -2.28. The number of morpholine rings is 1. The Bertz CT molecular complexity index is 675. The summed E-state index contributed by atoms with van der Waals surface area (Å²) in [5, 5.41) is 23.1. The Labute approximate surface area is 163 Å². The molecule has 0 radical (unpaired) electrons. The molecule has 0 bridgehead atoms. The zero-order valence-electron chi connectivity index (χ0n) is 15.7. The van der Waals surface area contributed by atoms with Gasteiger partial charge < -0.3 is 34.6 Å². The summed E-state index contributed by atoms with van der Waals surface area (Å²) in [5.74, 6) is 0.158. The molecule has 2 aliphatic heterocycles. The number of hydrogen-bond acceptors (Lipinski definition) is 7. The zero-order chi connectivity index (χ0) is 20.1. The summed E-state index contributed by atoms with van der Waals surface area (Å²) in [5.41, 5.74) is 0.438. The van der Waals surface area contributed by atoms with Gasteiger partial charge in [0.05, 0.1) is 32.8 Å². The molecule has 9 heteroatoms. The van der Waals surface area contributed by atoms with E-state index >= 15 is 0 Å². The fourth-order valence-electron chi connectivity index (χ4n) is 3.31. The van der Waals surface area contributed by atoms with Crippen molar-refractivity contribution < 1.29 is 34.0 Å². The summed E-state index contributed by atoms with van der Waals surface area (Å²) < 4.78 is 15.9. The number of benzene rings is 1. The largest absolute Gasteiger partial charge is 0.497 e. The van der Waals surface area contributed by atoms with Gasteiger partial charge >= 0.3 is 0 Å². The van der Waals surface area contributed by atoms with Crippen LogP contribution >= 0.6 is 0 Å². The predicted octanol–water partition coefficient (Wildman–Crippen LogP) is -0.837. The van der Waals surface area contributed by atoms with E-state index in [1.54, 1.807) is 36.3 Å². The van der Waals surface area contributed by atoms with E-state index in [9.17, 15) is 19.8 Å². The highest BCUT2D eigenvalue weighted by molar-refractivity contribution is 5.94. The minimum atomic E-state index is -1.19. The lowest BCUT2D eigenvalue weighted by molar-refractivity contribution is -0.139. The summed E-state index contributed by atoms with van der Waals surface area (Å²) in [6.45, 7) is 2.01. The number of nitrogens with one attached hydrogen (secondary N) is 1. The highest BCUT2D eigenvalue weighted by Crippen LogP contribution is 2.24. The fraction of sp³-hybridized carbons (Fsp3) is 0.579. The van der Waals surface area contributed by atoms with Crippen LogP contribution in [0.25, 0.3) is 0 Å². The van der Waals surface area contributed by atoms with Crippen LogP contribution in [0.2, 0.25) is 0 Å². The number of carbonyl (C=O) groups is 2. The molecule has 2 saturated heterocycles. The number of nitrogens with zero attached hydrogens (tertiary/aromatic N) is 1. The molecule has 0 unspecified atom stereocenters. The summed E-state index contributed by atoms with van der Waals surface area (Å²) >= 11 is 0. The first-order valence-corrected chi connectivity index (χ1v) is 9.29. The SMILES string of the molecule is COc1ccc(C(=O)NC[C@@H]2O[C@@H](CC(=O)N3CCOCC3)[C@H](O)[C@@H]2O)cc1. The molecular weight excluding hydrogens is 368 g/mol. The molecule has 2 aliphatic rings. The van der Waals surface area contributed by atoms with Crippen molar-refractivity contribution in [1.29, 1.82) is 0 Å².